The minimum absolute atomic E-state index is 0.0824. The molecule has 0 fully saturated rings. The molecule has 3 amide bonds. The number of rotatable bonds is 8. The van der Waals surface area contributed by atoms with Crippen molar-refractivity contribution in [2.75, 3.05) is 6.54 Å². The molecule has 0 aliphatic carbocycles. The van der Waals surface area contributed by atoms with E-state index in [1.807, 2.05) is 18.2 Å². The molecular formula is C21H22F3N3O7. The van der Waals surface area contributed by atoms with E-state index >= 15 is 0 Å². The van der Waals surface area contributed by atoms with Gasteiger partial charge >= 0.3 is 18.2 Å². The maximum atomic E-state index is 12.0. The first-order chi connectivity index (χ1) is 15.9. The molecule has 0 bridgehead atoms. The van der Waals surface area contributed by atoms with Gasteiger partial charge in [-0.2, -0.15) is 13.2 Å². The summed E-state index contributed by atoms with van der Waals surface area (Å²) < 4.78 is 36.7. The number of alkyl halides is 3. The van der Waals surface area contributed by atoms with Crippen molar-refractivity contribution in [1.82, 2.24) is 10.6 Å². The van der Waals surface area contributed by atoms with Crippen LogP contribution in [-0.4, -0.2) is 52.9 Å². The zero-order valence-corrected chi connectivity index (χ0v) is 17.5. The van der Waals surface area contributed by atoms with Crippen molar-refractivity contribution in [1.29, 1.82) is 0 Å². The smallest absolute Gasteiger partial charge is 0.490 e. The molecule has 0 unspecified atom stereocenters. The number of carboxylic acids is 1. The van der Waals surface area contributed by atoms with Gasteiger partial charge in [0.1, 0.15) is 24.9 Å². The molecule has 1 atom stereocenters. The number of carbonyl (C=O) groups excluding carboxylic acids is 3. The van der Waals surface area contributed by atoms with E-state index in [1.54, 1.807) is 24.3 Å². The molecule has 0 saturated carbocycles. The Morgan fingerprint density at radius 1 is 0.971 bits per heavy atom. The van der Waals surface area contributed by atoms with Crippen molar-refractivity contribution < 1.29 is 47.3 Å². The van der Waals surface area contributed by atoms with E-state index in [9.17, 15) is 32.7 Å². The quantitative estimate of drug-likeness (QED) is 0.377. The van der Waals surface area contributed by atoms with E-state index in [4.69, 9.17) is 20.4 Å². The molecule has 184 valence electrons. The monoisotopic (exact) mass is 485 g/mol. The van der Waals surface area contributed by atoms with E-state index in [2.05, 4.69) is 10.6 Å². The van der Waals surface area contributed by atoms with Gasteiger partial charge in [0.25, 0.3) is 0 Å². The number of halogens is 3. The standard InChI is InChI=1S/C19H21N3O5.C2HF3O2/c20-18(25)16(10-13-6-8-15(23)9-7-13)22-17(24)11-21-19(26)27-12-14-4-2-1-3-5-14;3-2(4,5)1(6)7/h1-9,16,23H,10-12H2,(H2,20,25)(H,21,26)(H,22,24);(H,6,7)/t16-;/m0./s1. The highest BCUT2D eigenvalue weighted by Crippen LogP contribution is 2.13. The number of ether oxygens (including phenoxy) is 1. The predicted octanol–water partition coefficient (Wildman–Crippen LogP) is 1.46. The maximum Gasteiger partial charge on any atom is 0.490 e. The summed E-state index contributed by atoms with van der Waals surface area (Å²) >= 11 is 0. The number of amides is 3. The summed E-state index contributed by atoms with van der Waals surface area (Å²) in [5, 5.41) is 21.2. The fourth-order valence-corrected chi connectivity index (χ4v) is 2.26. The summed E-state index contributed by atoms with van der Waals surface area (Å²) in [7, 11) is 0. The number of benzene rings is 2. The zero-order valence-electron chi connectivity index (χ0n) is 17.5. The number of nitrogens with one attached hydrogen (secondary N) is 2. The molecule has 0 radical (unpaired) electrons. The molecule has 2 aromatic rings. The van der Waals surface area contributed by atoms with Crippen LogP contribution in [0.15, 0.2) is 54.6 Å². The Labute approximate surface area is 191 Å². The van der Waals surface area contributed by atoms with Gasteiger partial charge in [0, 0.05) is 6.42 Å². The molecule has 0 heterocycles. The van der Waals surface area contributed by atoms with Crippen molar-refractivity contribution in [2.45, 2.75) is 25.2 Å². The number of hydrogen-bond acceptors (Lipinski definition) is 6. The van der Waals surface area contributed by atoms with Crippen molar-refractivity contribution >= 4 is 23.9 Å². The summed E-state index contributed by atoms with van der Waals surface area (Å²) in [6.45, 7) is -0.272. The number of phenols is 1. The minimum atomic E-state index is -5.08. The van der Waals surface area contributed by atoms with Crippen LogP contribution in [0.25, 0.3) is 0 Å². The molecule has 13 heteroatoms. The molecule has 0 aromatic heterocycles. The van der Waals surface area contributed by atoms with Crippen LogP contribution in [0.2, 0.25) is 0 Å². The number of nitrogens with two attached hydrogens (primary N) is 1. The lowest BCUT2D eigenvalue weighted by Crippen LogP contribution is -2.49. The van der Waals surface area contributed by atoms with Gasteiger partial charge in [-0.15, -0.1) is 0 Å². The minimum Gasteiger partial charge on any atom is -0.508 e. The first kappa shape index (κ1) is 27.7. The van der Waals surface area contributed by atoms with Gasteiger partial charge in [-0.05, 0) is 23.3 Å². The van der Waals surface area contributed by atoms with Crippen molar-refractivity contribution in [2.24, 2.45) is 5.73 Å². The molecule has 0 aliphatic rings. The van der Waals surface area contributed by atoms with Crippen LogP contribution in [0.1, 0.15) is 11.1 Å². The highest BCUT2D eigenvalue weighted by molar-refractivity contribution is 5.88. The second-order valence-corrected chi connectivity index (χ2v) is 6.61. The van der Waals surface area contributed by atoms with Crippen molar-refractivity contribution in [3.05, 3.63) is 65.7 Å². The fourth-order valence-electron chi connectivity index (χ4n) is 2.26. The molecule has 0 spiro atoms. The number of carboxylic acid groups (broad SMARTS) is 1. The van der Waals surface area contributed by atoms with Gasteiger partial charge in [0.15, 0.2) is 0 Å². The number of primary amides is 1. The lowest BCUT2D eigenvalue weighted by molar-refractivity contribution is -0.192. The lowest BCUT2D eigenvalue weighted by Gasteiger charge is -2.16. The Balaban J connectivity index is 0.000000718. The Morgan fingerprint density at radius 2 is 1.53 bits per heavy atom. The summed E-state index contributed by atoms with van der Waals surface area (Å²) in [5.74, 6) is -3.94. The molecule has 0 saturated heterocycles. The SMILES string of the molecule is NC(=O)[C@H](Cc1ccc(O)cc1)NC(=O)CNC(=O)OCc1ccccc1.O=C(O)C(F)(F)F. The van der Waals surface area contributed by atoms with Gasteiger partial charge in [0.05, 0.1) is 0 Å². The maximum absolute atomic E-state index is 12.0. The first-order valence-electron chi connectivity index (χ1n) is 9.49. The molecule has 10 nitrogen and oxygen atoms in total. The molecule has 2 aromatic carbocycles. The number of aliphatic carboxylic acids is 1. The van der Waals surface area contributed by atoms with Crippen LogP contribution in [-0.2, 0) is 32.1 Å². The van der Waals surface area contributed by atoms with Gasteiger partial charge in [-0.1, -0.05) is 42.5 Å². The van der Waals surface area contributed by atoms with Crippen LogP contribution in [0, 0.1) is 0 Å². The molecular weight excluding hydrogens is 463 g/mol. The van der Waals surface area contributed by atoms with E-state index in [-0.39, 0.29) is 25.3 Å². The number of carbonyl (C=O) groups is 4. The fraction of sp³-hybridized carbons (Fsp3) is 0.238. The van der Waals surface area contributed by atoms with Crippen molar-refractivity contribution in [3.8, 4) is 5.75 Å². The summed E-state index contributed by atoms with van der Waals surface area (Å²) in [6.07, 6.45) is -5.66. The topological polar surface area (TPSA) is 168 Å². The van der Waals surface area contributed by atoms with Crippen LogP contribution < -0.4 is 16.4 Å². The average Bonchev–Trinajstić information content (AvgIpc) is 2.77. The number of alkyl carbamates (subject to hydrolysis) is 1. The Hall–Kier alpha value is -4.29. The van der Waals surface area contributed by atoms with E-state index in [1.165, 1.54) is 12.1 Å². The second kappa shape index (κ2) is 13.3. The van der Waals surface area contributed by atoms with Crippen LogP contribution in [0.4, 0.5) is 18.0 Å². The predicted molar refractivity (Wildman–Crippen MR) is 111 cm³/mol. The summed E-state index contributed by atoms with van der Waals surface area (Å²) in [6, 6.07) is 14.4. The highest BCUT2D eigenvalue weighted by Gasteiger charge is 2.38. The van der Waals surface area contributed by atoms with E-state index in [0.717, 1.165) is 5.56 Å². The third kappa shape index (κ3) is 11.4. The normalized spacial score (nSPS) is 11.3. The summed E-state index contributed by atoms with van der Waals surface area (Å²) in [5.41, 5.74) is 6.85. The van der Waals surface area contributed by atoms with Crippen LogP contribution in [0.5, 0.6) is 5.75 Å². The van der Waals surface area contributed by atoms with Crippen molar-refractivity contribution in [3.63, 3.8) is 0 Å². The molecule has 0 aliphatic heterocycles. The zero-order chi connectivity index (χ0) is 25.7. The van der Waals surface area contributed by atoms with Crippen LogP contribution in [0.3, 0.4) is 0 Å². The number of hydrogen-bond donors (Lipinski definition) is 5. The van der Waals surface area contributed by atoms with Gasteiger partial charge in [0.2, 0.25) is 11.8 Å². The van der Waals surface area contributed by atoms with Crippen LogP contribution >= 0.6 is 0 Å². The Bertz CT molecular complexity index is 968. The first-order valence-corrected chi connectivity index (χ1v) is 9.49. The largest absolute Gasteiger partial charge is 0.508 e. The summed E-state index contributed by atoms with van der Waals surface area (Å²) in [4.78, 5) is 44.0. The number of aromatic hydroxyl groups is 1. The molecule has 34 heavy (non-hydrogen) atoms. The van der Waals surface area contributed by atoms with Gasteiger partial charge < -0.3 is 31.3 Å². The number of phenolic OH excluding ortho intramolecular Hbond substituents is 1. The van der Waals surface area contributed by atoms with E-state index in [0.29, 0.717) is 5.56 Å². The third-order valence-corrected chi connectivity index (χ3v) is 3.90. The van der Waals surface area contributed by atoms with Gasteiger partial charge in [-0.25, -0.2) is 9.59 Å². The Kier molecular flexibility index (Phi) is 10.9. The third-order valence-electron chi connectivity index (χ3n) is 3.90. The average molecular weight is 485 g/mol. The second-order valence-electron chi connectivity index (χ2n) is 6.61. The molecule has 2 rings (SSSR count). The highest BCUT2D eigenvalue weighted by atomic mass is 19.4. The Morgan fingerprint density at radius 3 is 2.03 bits per heavy atom. The molecule has 6 N–H and O–H groups in total. The van der Waals surface area contributed by atoms with E-state index < -0.39 is 36.1 Å². The van der Waals surface area contributed by atoms with Gasteiger partial charge in [-0.3, -0.25) is 9.59 Å². The lowest BCUT2D eigenvalue weighted by atomic mass is 10.1.